The predicted octanol–water partition coefficient (Wildman–Crippen LogP) is 0.790. The number of amides is 1. The first-order chi connectivity index (χ1) is 10.3. The Labute approximate surface area is 121 Å². The molecule has 0 fully saturated rings. The van der Waals surface area contributed by atoms with Crippen LogP contribution in [0.15, 0.2) is 30.6 Å². The van der Waals surface area contributed by atoms with Crippen molar-refractivity contribution in [2.24, 2.45) is 0 Å². The zero-order valence-electron chi connectivity index (χ0n) is 11.2. The summed E-state index contributed by atoms with van der Waals surface area (Å²) in [5.41, 5.74) is 0.980. The Morgan fingerprint density at radius 1 is 1.52 bits per heavy atom. The fourth-order valence-electron chi connectivity index (χ4n) is 2.30. The molecule has 1 N–H and O–H groups in total. The van der Waals surface area contributed by atoms with E-state index in [0.717, 1.165) is 17.7 Å². The Kier molecular flexibility index (Phi) is 3.51. The number of hydrogen-bond acceptors (Lipinski definition) is 5. The van der Waals surface area contributed by atoms with Crippen LogP contribution in [-0.4, -0.2) is 27.3 Å². The highest BCUT2D eigenvalue weighted by molar-refractivity contribution is 5.76. The number of nitriles is 1. The van der Waals surface area contributed by atoms with E-state index < -0.39 is 0 Å². The molecule has 0 saturated heterocycles. The van der Waals surface area contributed by atoms with Crippen molar-refractivity contribution in [3.05, 3.63) is 42.0 Å². The van der Waals surface area contributed by atoms with Crippen LogP contribution in [0.4, 0.5) is 0 Å². The van der Waals surface area contributed by atoms with E-state index in [4.69, 9.17) is 10.00 Å². The predicted molar refractivity (Wildman–Crippen MR) is 72.2 cm³/mol. The second-order valence-corrected chi connectivity index (χ2v) is 4.67. The van der Waals surface area contributed by atoms with Gasteiger partial charge in [0.15, 0.2) is 0 Å². The summed E-state index contributed by atoms with van der Waals surface area (Å²) in [4.78, 5) is 15.8. The van der Waals surface area contributed by atoms with Gasteiger partial charge in [0.2, 0.25) is 5.91 Å². The number of carbonyl (C=O) groups excluding carboxylic acids is 1. The third kappa shape index (κ3) is 2.84. The molecule has 1 aromatic heterocycles. The molecule has 1 atom stereocenters. The van der Waals surface area contributed by atoms with Gasteiger partial charge in [0.25, 0.3) is 5.82 Å². The number of para-hydroxylation sites is 1. The molecule has 0 unspecified atom stereocenters. The van der Waals surface area contributed by atoms with Crippen LogP contribution in [0.1, 0.15) is 23.9 Å². The Hall–Kier alpha value is -2.88. The van der Waals surface area contributed by atoms with Crippen molar-refractivity contribution >= 4 is 5.91 Å². The lowest BCUT2D eigenvalue weighted by Crippen LogP contribution is -2.34. The fourth-order valence-corrected chi connectivity index (χ4v) is 2.30. The number of benzene rings is 1. The summed E-state index contributed by atoms with van der Waals surface area (Å²) in [5, 5.41) is 15.5. The van der Waals surface area contributed by atoms with Crippen LogP contribution in [0.2, 0.25) is 0 Å². The zero-order valence-corrected chi connectivity index (χ0v) is 11.2. The maximum atomic E-state index is 12.1. The first-order valence-corrected chi connectivity index (χ1v) is 6.57. The summed E-state index contributed by atoms with van der Waals surface area (Å²) in [7, 11) is 0. The number of carbonyl (C=O) groups is 1. The van der Waals surface area contributed by atoms with E-state index in [9.17, 15) is 4.79 Å². The lowest BCUT2D eigenvalue weighted by atomic mass is 10.0. The molecule has 7 heteroatoms. The maximum absolute atomic E-state index is 12.1. The summed E-state index contributed by atoms with van der Waals surface area (Å²) >= 11 is 0. The second kappa shape index (κ2) is 5.63. The van der Waals surface area contributed by atoms with Crippen LogP contribution in [-0.2, 0) is 11.3 Å². The smallest absolute Gasteiger partial charge is 0.252 e. The Balaban J connectivity index is 1.67. The van der Waals surface area contributed by atoms with Crippen LogP contribution in [0, 0.1) is 11.3 Å². The van der Waals surface area contributed by atoms with Crippen molar-refractivity contribution in [2.45, 2.75) is 19.0 Å². The van der Waals surface area contributed by atoms with E-state index in [2.05, 4.69) is 15.4 Å². The van der Waals surface area contributed by atoms with Gasteiger partial charge in [0.1, 0.15) is 24.7 Å². The van der Waals surface area contributed by atoms with E-state index in [1.165, 1.54) is 11.0 Å². The summed E-state index contributed by atoms with van der Waals surface area (Å²) in [6.07, 6.45) is 2.10. The molecule has 1 aromatic carbocycles. The third-order valence-corrected chi connectivity index (χ3v) is 3.24. The van der Waals surface area contributed by atoms with Crippen molar-refractivity contribution in [2.75, 3.05) is 6.61 Å². The van der Waals surface area contributed by atoms with Gasteiger partial charge >= 0.3 is 0 Å². The average Bonchev–Trinajstić information content (AvgIpc) is 2.95. The minimum Gasteiger partial charge on any atom is -0.493 e. The first kappa shape index (κ1) is 13.1. The van der Waals surface area contributed by atoms with Crippen molar-refractivity contribution in [1.29, 1.82) is 5.26 Å². The Morgan fingerprint density at radius 3 is 3.19 bits per heavy atom. The molecule has 2 heterocycles. The molecule has 0 aliphatic carbocycles. The summed E-state index contributed by atoms with van der Waals surface area (Å²) in [6.45, 7) is 0.609. The summed E-state index contributed by atoms with van der Waals surface area (Å²) in [6, 6.07) is 9.42. The molecule has 2 aromatic rings. The number of nitrogens with zero attached hydrogens (tertiary/aromatic N) is 4. The molecule has 1 aliphatic rings. The monoisotopic (exact) mass is 283 g/mol. The first-order valence-electron chi connectivity index (χ1n) is 6.57. The SMILES string of the molecule is N#Cc1ncn(CC(=O)N[C@H]2CCOc3ccccc32)n1. The molecule has 7 nitrogen and oxygen atoms in total. The lowest BCUT2D eigenvalue weighted by molar-refractivity contribution is -0.122. The van der Waals surface area contributed by atoms with E-state index in [0.29, 0.717) is 6.61 Å². The molecule has 1 amide bonds. The second-order valence-electron chi connectivity index (χ2n) is 4.67. The molecule has 1 aliphatic heterocycles. The van der Waals surface area contributed by atoms with Gasteiger partial charge in [-0.1, -0.05) is 18.2 Å². The zero-order chi connectivity index (χ0) is 14.7. The van der Waals surface area contributed by atoms with Gasteiger partial charge in [0.05, 0.1) is 12.6 Å². The summed E-state index contributed by atoms with van der Waals surface area (Å²) in [5.74, 6) is 0.687. The Bertz CT molecular complexity index is 703. The molecular formula is C14H13N5O2. The van der Waals surface area contributed by atoms with E-state index in [-0.39, 0.29) is 24.3 Å². The van der Waals surface area contributed by atoms with Crippen molar-refractivity contribution in [1.82, 2.24) is 20.1 Å². The van der Waals surface area contributed by atoms with Gasteiger partial charge in [-0.3, -0.25) is 4.79 Å². The van der Waals surface area contributed by atoms with Crippen molar-refractivity contribution in [3.8, 4) is 11.8 Å². The van der Waals surface area contributed by atoms with Crippen LogP contribution < -0.4 is 10.1 Å². The van der Waals surface area contributed by atoms with E-state index in [1.807, 2.05) is 30.3 Å². The maximum Gasteiger partial charge on any atom is 0.252 e. The molecule has 21 heavy (non-hydrogen) atoms. The lowest BCUT2D eigenvalue weighted by Gasteiger charge is -2.26. The van der Waals surface area contributed by atoms with Gasteiger partial charge < -0.3 is 10.1 Å². The number of hydrogen-bond donors (Lipinski definition) is 1. The standard InChI is InChI=1S/C14H13N5O2/c15-7-13-16-9-19(18-13)8-14(20)17-11-5-6-21-12-4-2-1-3-10(11)12/h1-4,9,11H,5-6,8H2,(H,17,20)/t11-/m0/s1. The van der Waals surface area contributed by atoms with Crippen molar-refractivity contribution < 1.29 is 9.53 Å². The number of nitrogens with one attached hydrogen (secondary N) is 1. The Morgan fingerprint density at radius 2 is 2.38 bits per heavy atom. The number of ether oxygens (including phenoxy) is 1. The van der Waals surface area contributed by atoms with Gasteiger partial charge in [-0.2, -0.15) is 5.26 Å². The molecule has 0 radical (unpaired) electrons. The highest BCUT2D eigenvalue weighted by atomic mass is 16.5. The molecule has 0 saturated carbocycles. The van der Waals surface area contributed by atoms with E-state index in [1.54, 1.807) is 0 Å². The third-order valence-electron chi connectivity index (χ3n) is 3.24. The quantitative estimate of drug-likeness (QED) is 0.899. The molecular weight excluding hydrogens is 270 g/mol. The highest BCUT2D eigenvalue weighted by Crippen LogP contribution is 2.31. The van der Waals surface area contributed by atoms with Gasteiger partial charge in [-0.15, -0.1) is 5.10 Å². The van der Waals surface area contributed by atoms with Crippen LogP contribution in [0.25, 0.3) is 0 Å². The largest absolute Gasteiger partial charge is 0.493 e. The number of rotatable bonds is 3. The van der Waals surface area contributed by atoms with Gasteiger partial charge in [-0.05, 0) is 6.07 Å². The average molecular weight is 283 g/mol. The van der Waals surface area contributed by atoms with Crippen molar-refractivity contribution in [3.63, 3.8) is 0 Å². The minimum absolute atomic E-state index is 0.0359. The van der Waals surface area contributed by atoms with Crippen LogP contribution in [0.3, 0.4) is 0 Å². The number of fused-ring (bicyclic) bond motifs is 1. The normalized spacial score (nSPS) is 16.4. The number of aromatic nitrogens is 3. The molecule has 0 bridgehead atoms. The molecule has 0 spiro atoms. The van der Waals surface area contributed by atoms with Crippen LogP contribution in [0.5, 0.6) is 5.75 Å². The van der Waals surface area contributed by atoms with Crippen LogP contribution >= 0.6 is 0 Å². The van der Waals surface area contributed by atoms with E-state index >= 15 is 0 Å². The highest BCUT2D eigenvalue weighted by Gasteiger charge is 2.22. The van der Waals surface area contributed by atoms with Gasteiger partial charge in [-0.25, -0.2) is 9.67 Å². The molecule has 106 valence electrons. The minimum atomic E-state index is -0.175. The summed E-state index contributed by atoms with van der Waals surface area (Å²) < 4.78 is 6.90. The molecule has 3 rings (SSSR count). The van der Waals surface area contributed by atoms with Gasteiger partial charge in [0, 0.05) is 12.0 Å². The topological polar surface area (TPSA) is 92.8 Å². The fraction of sp³-hybridized carbons (Fsp3) is 0.286.